The molecule has 0 aliphatic carbocycles. The van der Waals surface area contributed by atoms with Crippen molar-refractivity contribution in [3.63, 3.8) is 0 Å². The molecular weight excluding hydrogens is 294 g/mol. The Labute approximate surface area is 125 Å². The average Bonchev–Trinajstić information content (AvgIpc) is 2.37. The van der Waals surface area contributed by atoms with Crippen molar-refractivity contribution in [2.45, 2.75) is 24.8 Å². The van der Waals surface area contributed by atoms with Crippen molar-refractivity contribution in [3.05, 3.63) is 23.3 Å². The van der Waals surface area contributed by atoms with Gasteiger partial charge in [0.25, 0.3) is 0 Å². The van der Waals surface area contributed by atoms with Crippen molar-refractivity contribution in [1.29, 1.82) is 0 Å². The van der Waals surface area contributed by atoms with Gasteiger partial charge in [0.15, 0.2) is 0 Å². The van der Waals surface area contributed by atoms with Gasteiger partial charge in [-0.25, -0.2) is 8.42 Å². The minimum Gasteiger partial charge on any atom is -0.389 e. The number of likely N-dealkylation sites (N-methyl/N-ethyl adjacent to an activating group) is 1. The molecule has 4 N–H and O–H groups in total. The molecule has 0 radical (unpaired) electrons. The molecule has 1 rings (SSSR count). The van der Waals surface area contributed by atoms with E-state index in [2.05, 4.69) is 5.43 Å². The van der Waals surface area contributed by atoms with E-state index in [0.717, 1.165) is 4.31 Å². The van der Waals surface area contributed by atoms with Crippen LogP contribution in [0.15, 0.2) is 17.0 Å². The van der Waals surface area contributed by atoms with E-state index in [9.17, 15) is 13.5 Å². The molecule has 8 heteroatoms. The molecule has 0 aliphatic heterocycles. The summed E-state index contributed by atoms with van der Waals surface area (Å²) in [5, 5.41) is 9.69. The first kappa shape index (κ1) is 17.9. The van der Waals surface area contributed by atoms with Crippen molar-refractivity contribution < 1.29 is 18.3 Å². The number of ether oxygens (including phenoxy) is 1. The molecule has 0 spiro atoms. The van der Waals surface area contributed by atoms with Gasteiger partial charge in [0, 0.05) is 26.4 Å². The van der Waals surface area contributed by atoms with Crippen LogP contribution in [0.5, 0.6) is 0 Å². The fraction of sp³-hybridized carbons (Fsp3) is 0.538. The zero-order chi connectivity index (χ0) is 16.2. The van der Waals surface area contributed by atoms with Crippen LogP contribution >= 0.6 is 0 Å². The second-order valence-electron chi connectivity index (χ2n) is 4.98. The van der Waals surface area contributed by atoms with Crippen LogP contribution in [0, 0.1) is 13.8 Å². The Hall–Kier alpha value is -1.19. The Morgan fingerprint density at radius 1 is 1.38 bits per heavy atom. The molecule has 0 aromatic heterocycles. The van der Waals surface area contributed by atoms with E-state index in [4.69, 9.17) is 10.6 Å². The minimum atomic E-state index is -3.69. The number of aryl methyl sites for hydroxylation is 2. The summed E-state index contributed by atoms with van der Waals surface area (Å²) in [7, 11) is -0.808. The summed E-state index contributed by atoms with van der Waals surface area (Å²) >= 11 is 0. The number of aliphatic hydroxyl groups is 1. The lowest BCUT2D eigenvalue weighted by Crippen LogP contribution is -2.36. The maximum Gasteiger partial charge on any atom is 0.243 e. The first-order chi connectivity index (χ1) is 9.73. The zero-order valence-electron chi connectivity index (χ0n) is 12.8. The molecule has 1 unspecified atom stereocenters. The van der Waals surface area contributed by atoms with Crippen LogP contribution in [0.4, 0.5) is 5.69 Å². The molecule has 1 aromatic rings. The lowest BCUT2D eigenvalue weighted by molar-refractivity contribution is 0.0554. The Morgan fingerprint density at radius 2 is 1.90 bits per heavy atom. The number of aliphatic hydroxyl groups excluding tert-OH is 1. The van der Waals surface area contributed by atoms with Crippen molar-refractivity contribution in [2.24, 2.45) is 5.84 Å². The Bertz CT molecular complexity index is 566. The summed E-state index contributed by atoms with van der Waals surface area (Å²) in [6.45, 7) is 3.46. The summed E-state index contributed by atoms with van der Waals surface area (Å²) in [6.07, 6.45) is -0.875. The van der Waals surface area contributed by atoms with Gasteiger partial charge in [-0.3, -0.25) is 5.84 Å². The van der Waals surface area contributed by atoms with E-state index >= 15 is 0 Å². The van der Waals surface area contributed by atoms with Crippen LogP contribution in [0.2, 0.25) is 0 Å². The maximum absolute atomic E-state index is 12.6. The van der Waals surface area contributed by atoms with Gasteiger partial charge in [0.1, 0.15) is 0 Å². The van der Waals surface area contributed by atoms with E-state index in [0.29, 0.717) is 16.8 Å². The summed E-state index contributed by atoms with van der Waals surface area (Å²) in [6, 6.07) is 3.33. The first-order valence-electron chi connectivity index (χ1n) is 6.45. The Balaban J connectivity index is 3.13. The highest BCUT2D eigenvalue weighted by atomic mass is 32.2. The molecule has 0 aliphatic rings. The molecular formula is C13H23N3O4S. The topological polar surface area (TPSA) is 105 Å². The third-order valence-electron chi connectivity index (χ3n) is 3.12. The number of hydrogen-bond acceptors (Lipinski definition) is 6. The standard InChI is InChI=1S/C13H23N3O4S/c1-9-5-11(15-14)6-10(2)13(9)21(18,19)16(3)7-12(17)8-20-4/h5-6,12,15,17H,7-8,14H2,1-4H3. The van der Waals surface area contributed by atoms with E-state index in [-0.39, 0.29) is 18.0 Å². The van der Waals surface area contributed by atoms with Crippen LogP contribution in [0.1, 0.15) is 11.1 Å². The summed E-state index contributed by atoms with van der Waals surface area (Å²) in [5.41, 5.74) is 4.33. The molecule has 21 heavy (non-hydrogen) atoms. The fourth-order valence-corrected chi connectivity index (χ4v) is 3.85. The smallest absolute Gasteiger partial charge is 0.243 e. The monoisotopic (exact) mass is 317 g/mol. The fourth-order valence-electron chi connectivity index (χ4n) is 2.24. The van der Waals surface area contributed by atoms with Crippen molar-refractivity contribution in [1.82, 2.24) is 4.31 Å². The number of methoxy groups -OCH3 is 1. The van der Waals surface area contributed by atoms with Crippen LogP contribution in [-0.4, -0.2) is 51.2 Å². The van der Waals surface area contributed by atoms with Crippen molar-refractivity contribution in [3.8, 4) is 0 Å². The molecule has 0 saturated carbocycles. The van der Waals surface area contributed by atoms with E-state index in [1.54, 1.807) is 26.0 Å². The number of sulfonamides is 1. The van der Waals surface area contributed by atoms with Crippen LogP contribution in [0.25, 0.3) is 0 Å². The number of hydrogen-bond donors (Lipinski definition) is 3. The number of benzene rings is 1. The van der Waals surface area contributed by atoms with Gasteiger partial charge in [-0.05, 0) is 37.1 Å². The van der Waals surface area contributed by atoms with Gasteiger partial charge >= 0.3 is 0 Å². The van der Waals surface area contributed by atoms with Gasteiger partial charge < -0.3 is 15.3 Å². The molecule has 120 valence electrons. The highest BCUT2D eigenvalue weighted by Gasteiger charge is 2.26. The SMILES string of the molecule is COCC(O)CN(C)S(=O)(=O)c1c(C)cc(NN)cc1C. The number of nitrogen functional groups attached to an aromatic ring is 1. The predicted molar refractivity (Wildman–Crippen MR) is 81.4 cm³/mol. The zero-order valence-corrected chi connectivity index (χ0v) is 13.6. The second kappa shape index (κ2) is 7.19. The van der Waals surface area contributed by atoms with Gasteiger partial charge in [0.2, 0.25) is 10.0 Å². The van der Waals surface area contributed by atoms with Gasteiger partial charge in [-0.1, -0.05) is 0 Å². The Morgan fingerprint density at radius 3 is 2.33 bits per heavy atom. The Kier molecular flexibility index (Phi) is 6.11. The third-order valence-corrected chi connectivity index (χ3v) is 5.25. The molecule has 1 aromatic carbocycles. The summed E-state index contributed by atoms with van der Waals surface area (Å²) < 4.78 is 31.2. The second-order valence-corrected chi connectivity index (χ2v) is 6.96. The lowest BCUT2D eigenvalue weighted by Gasteiger charge is -2.22. The predicted octanol–water partition coefficient (Wildman–Crippen LogP) is 0.217. The number of nitrogens with one attached hydrogen (secondary N) is 1. The highest BCUT2D eigenvalue weighted by molar-refractivity contribution is 7.89. The number of rotatable bonds is 7. The molecule has 1 atom stereocenters. The highest BCUT2D eigenvalue weighted by Crippen LogP contribution is 2.26. The largest absolute Gasteiger partial charge is 0.389 e. The van der Waals surface area contributed by atoms with Crippen LogP contribution in [0.3, 0.4) is 0 Å². The van der Waals surface area contributed by atoms with E-state index in [1.165, 1.54) is 14.2 Å². The van der Waals surface area contributed by atoms with Crippen LogP contribution < -0.4 is 11.3 Å². The molecule has 7 nitrogen and oxygen atoms in total. The molecule has 0 amide bonds. The van der Waals surface area contributed by atoms with Crippen LogP contribution in [-0.2, 0) is 14.8 Å². The third kappa shape index (κ3) is 4.14. The summed E-state index contributed by atoms with van der Waals surface area (Å²) in [5.74, 6) is 5.35. The number of nitrogens with two attached hydrogens (primary N) is 1. The lowest BCUT2D eigenvalue weighted by atomic mass is 10.1. The van der Waals surface area contributed by atoms with Gasteiger partial charge in [-0.2, -0.15) is 4.31 Å². The van der Waals surface area contributed by atoms with Crippen molar-refractivity contribution in [2.75, 3.05) is 32.7 Å². The van der Waals surface area contributed by atoms with Crippen molar-refractivity contribution >= 4 is 15.7 Å². The van der Waals surface area contributed by atoms with Gasteiger partial charge in [-0.15, -0.1) is 0 Å². The van der Waals surface area contributed by atoms with Gasteiger partial charge in [0.05, 0.1) is 17.6 Å². The molecule has 0 bridgehead atoms. The number of nitrogens with zero attached hydrogens (tertiary/aromatic N) is 1. The summed E-state index contributed by atoms with van der Waals surface area (Å²) in [4.78, 5) is 0.230. The first-order valence-corrected chi connectivity index (χ1v) is 7.89. The molecule has 0 fully saturated rings. The van der Waals surface area contributed by atoms with E-state index < -0.39 is 16.1 Å². The van der Waals surface area contributed by atoms with E-state index in [1.807, 2.05) is 0 Å². The average molecular weight is 317 g/mol. The maximum atomic E-state index is 12.6. The quantitative estimate of drug-likeness (QED) is 0.491. The minimum absolute atomic E-state index is 0.0358. The molecule has 0 heterocycles. The molecule has 0 saturated heterocycles. The normalized spacial score (nSPS) is 13.5. The number of hydrazine groups is 1. The number of anilines is 1.